The lowest BCUT2D eigenvalue weighted by molar-refractivity contribution is 0.0980. The SMILES string of the molecule is Cc1ccc(C(=O)CCCCBr)cc1Cl. The van der Waals surface area contributed by atoms with E-state index in [1.807, 2.05) is 19.1 Å². The van der Waals surface area contributed by atoms with Crippen molar-refractivity contribution >= 4 is 33.3 Å². The molecule has 1 aromatic carbocycles. The van der Waals surface area contributed by atoms with Gasteiger partial charge in [0.1, 0.15) is 0 Å². The van der Waals surface area contributed by atoms with Crippen LogP contribution in [0.3, 0.4) is 0 Å². The lowest BCUT2D eigenvalue weighted by Crippen LogP contribution is -1.99. The first-order valence-corrected chi connectivity index (χ1v) is 6.50. The molecule has 0 atom stereocenters. The molecule has 0 radical (unpaired) electrons. The second kappa shape index (κ2) is 6.29. The van der Waals surface area contributed by atoms with Gasteiger partial charge in [-0.1, -0.05) is 39.7 Å². The molecular weight excluding hydrogens is 275 g/mol. The summed E-state index contributed by atoms with van der Waals surface area (Å²) < 4.78 is 0. The molecule has 0 saturated heterocycles. The number of rotatable bonds is 5. The first-order chi connectivity index (χ1) is 7.15. The Kier molecular flexibility index (Phi) is 5.34. The number of carbonyl (C=O) groups is 1. The Hall–Kier alpha value is -0.340. The van der Waals surface area contributed by atoms with Gasteiger partial charge in [-0.15, -0.1) is 0 Å². The highest BCUT2D eigenvalue weighted by Crippen LogP contribution is 2.18. The Morgan fingerprint density at radius 1 is 1.40 bits per heavy atom. The molecule has 0 amide bonds. The zero-order valence-electron chi connectivity index (χ0n) is 8.72. The molecule has 0 N–H and O–H groups in total. The molecule has 0 spiro atoms. The molecule has 3 heteroatoms. The van der Waals surface area contributed by atoms with Crippen molar-refractivity contribution in [3.63, 3.8) is 0 Å². The van der Waals surface area contributed by atoms with Crippen molar-refractivity contribution in [1.82, 2.24) is 0 Å². The summed E-state index contributed by atoms with van der Waals surface area (Å²) in [6.07, 6.45) is 2.56. The molecule has 0 aliphatic rings. The number of unbranched alkanes of at least 4 members (excludes halogenated alkanes) is 1. The number of hydrogen-bond donors (Lipinski definition) is 0. The van der Waals surface area contributed by atoms with E-state index in [1.54, 1.807) is 6.07 Å². The van der Waals surface area contributed by atoms with Crippen LogP contribution < -0.4 is 0 Å². The van der Waals surface area contributed by atoms with Gasteiger partial charge in [-0.05, 0) is 31.4 Å². The topological polar surface area (TPSA) is 17.1 Å². The third-order valence-corrected chi connectivity index (χ3v) is 3.25. The smallest absolute Gasteiger partial charge is 0.162 e. The Morgan fingerprint density at radius 2 is 2.13 bits per heavy atom. The van der Waals surface area contributed by atoms with Gasteiger partial charge in [0, 0.05) is 22.3 Å². The quantitative estimate of drug-likeness (QED) is 0.446. The number of aryl methyl sites for hydroxylation is 1. The van der Waals surface area contributed by atoms with Gasteiger partial charge < -0.3 is 0 Å². The number of Topliss-reactive ketones (excluding diaryl/α,β-unsaturated/α-hetero) is 1. The molecule has 0 fully saturated rings. The van der Waals surface area contributed by atoms with Gasteiger partial charge in [0.25, 0.3) is 0 Å². The minimum atomic E-state index is 0.179. The van der Waals surface area contributed by atoms with E-state index in [0.29, 0.717) is 11.4 Å². The fraction of sp³-hybridized carbons (Fsp3) is 0.417. The largest absolute Gasteiger partial charge is 0.294 e. The van der Waals surface area contributed by atoms with Crippen LogP contribution in [-0.2, 0) is 0 Å². The van der Waals surface area contributed by atoms with Crippen LogP contribution in [0.5, 0.6) is 0 Å². The third kappa shape index (κ3) is 3.96. The van der Waals surface area contributed by atoms with E-state index in [-0.39, 0.29) is 5.78 Å². The summed E-state index contributed by atoms with van der Waals surface area (Å²) in [5, 5.41) is 1.62. The normalized spacial score (nSPS) is 10.3. The minimum Gasteiger partial charge on any atom is -0.294 e. The van der Waals surface area contributed by atoms with E-state index < -0.39 is 0 Å². The Balaban J connectivity index is 2.62. The highest BCUT2D eigenvalue weighted by Gasteiger charge is 2.06. The van der Waals surface area contributed by atoms with Gasteiger partial charge >= 0.3 is 0 Å². The lowest BCUT2D eigenvalue weighted by Gasteiger charge is -2.03. The van der Waals surface area contributed by atoms with Gasteiger partial charge in [0.2, 0.25) is 0 Å². The van der Waals surface area contributed by atoms with Crippen LogP contribution >= 0.6 is 27.5 Å². The van der Waals surface area contributed by atoms with Crippen LogP contribution in [0, 0.1) is 6.92 Å². The molecular formula is C12H14BrClO. The summed E-state index contributed by atoms with van der Waals surface area (Å²) in [4.78, 5) is 11.7. The molecule has 0 aromatic heterocycles. The predicted molar refractivity (Wildman–Crippen MR) is 68.2 cm³/mol. The third-order valence-electron chi connectivity index (χ3n) is 2.28. The summed E-state index contributed by atoms with van der Waals surface area (Å²) in [7, 11) is 0. The highest BCUT2D eigenvalue weighted by atomic mass is 79.9. The second-order valence-corrected chi connectivity index (χ2v) is 4.73. The van der Waals surface area contributed by atoms with Crippen molar-refractivity contribution in [2.24, 2.45) is 0 Å². The molecule has 1 rings (SSSR count). The van der Waals surface area contributed by atoms with Crippen LogP contribution in [0.25, 0.3) is 0 Å². The molecule has 1 aromatic rings. The van der Waals surface area contributed by atoms with Crippen molar-refractivity contribution in [2.45, 2.75) is 26.2 Å². The van der Waals surface area contributed by atoms with Crippen molar-refractivity contribution in [2.75, 3.05) is 5.33 Å². The van der Waals surface area contributed by atoms with Crippen LogP contribution in [0.15, 0.2) is 18.2 Å². The van der Waals surface area contributed by atoms with E-state index in [9.17, 15) is 4.79 Å². The Morgan fingerprint density at radius 3 is 2.73 bits per heavy atom. The van der Waals surface area contributed by atoms with Crippen molar-refractivity contribution < 1.29 is 4.79 Å². The summed E-state index contributed by atoms with van der Waals surface area (Å²) >= 11 is 9.30. The Labute approximate surface area is 104 Å². The number of hydrogen-bond acceptors (Lipinski definition) is 1. The fourth-order valence-corrected chi connectivity index (χ4v) is 1.87. The fourth-order valence-electron chi connectivity index (χ4n) is 1.29. The average Bonchev–Trinajstić information content (AvgIpc) is 2.22. The summed E-state index contributed by atoms with van der Waals surface area (Å²) in [5.41, 5.74) is 1.73. The van der Waals surface area contributed by atoms with E-state index in [0.717, 1.165) is 29.3 Å². The number of carbonyl (C=O) groups excluding carboxylic acids is 1. The standard InChI is InChI=1S/C12H14BrClO/c1-9-5-6-10(8-11(9)14)12(15)4-2-3-7-13/h5-6,8H,2-4,7H2,1H3. The molecule has 0 aliphatic heterocycles. The van der Waals surface area contributed by atoms with Crippen LogP contribution in [0.4, 0.5) is 0 Å². The molecule has 1 nitrogen and oxygen atoms in total. The zero-order valence-corrected chi connectivity index (χ0v) is 11.1. The number of alkyl halides is 1. The zero-order chi connectivity index (χ0) is 11.3. The van der Waals surface area contributed by atoms with Crippen molar-refractivity contribution in [3.8, 4) is 0 Å². The maximum atomic E-state index is 11.7. The maximum Gasteiger partial charge on any atom is 0.162 e. The van der Waals surface area contributed by atoms with Crippen LogP contribution in [0.1, 0.15) is 35.2 Å². The number of benzene rings is 1. The number of halogens is 2. The maximum absolute atomic E-state index is 11.7. The van der Waals surface area contributed by atoms with Gasteiger partial charge in [0.15, 0.2) is 5.78 Å². The van der Waals surface area contributed by atoms with E-state index >= 15 is 0 Å². The molecule has 0 saturated carbocycles. The second-order valence-electron chi connectivity index (χ2n) is 3.53. The summed E-state index contributed by atoms with van der Waals surface area (Å²) in [6.45, 7) is 1.93. The van der Waals surface area contributed by atoms with Gasteiger partial charge in [-0.2, -0.15) is 0 Å². The summed E-state index contributed by atoms with van der Waals surface area (Å²) in [6, 6.07) is 5.49. The van der Waals surface area contributed by atoms with Gasteiger partial charge in [-0.25, -0.2) is 0 Å². The predicted octanol–water partition coefficient (Wildman–Crippen LogP) is 4.40. The first kappa shape index (κ1) is 12.7. The van der Waals surface area contributed by atoms with Crippen molar-refractivity contribution in [3.05, 3.63) is 34.3 Å². The van der Waals surface area contributed by atoms with Gasteiger partial charge in [-0.3, -0.25) is 4.79 Å². The lowest BCUT2D eigenvalue weighted by atomic mass is 10.0. The van der Waals surface area contributed by atoms with Crippen LogP contribution in [0.2, 0.25) is 5.02 Å². The highest BCUT2D eigenvalue weighted by molar-refractivity contribution is 9.09. The van der Waals surface area contributed by atoms with E-state index in [2.05, 4.69) is 15.9 Å². The van der Waals surface area contributed by atoms with Crippen LogP contribution in [-0.4, -0.2) is 11.1 Å². The Bertz CT molecular complexity index is 349. The average molecular weight is 290 g/mol. The number of ketones is 1. The van der Waals surface area contributed by atoms with Crippen molar-refractivity contribution in [1.29, 1.82) is 0 Å². The van der Waals surface area contributed by atoms with E-state index in [1.165, 1.54) is 0 Å². The molecule has 15 heavy (non-hydrogen) atoms. The first-order valence-electron chi connectivity index (χ1n) is 5.00. The van der Waals surface area contributed by atoms with Gasteiger partial charge in [0.05, 0.1) is 0 Å². The monoisotopic (exact) mass is 288 g/mol. The van der Waals surface area contributed by atoms with E-state index in [4.69, 9.17) is 11.6 Å². The molecule has 82 valence electrons. The molecule has 0 aliphatic carbocycles. The molecule has 0 heterocycles. The minimum absolute atomic E-state index is 0.179. The summed E-state index contributed by atoms with van der Waals surface area (Å²) in [5.74, 6) is 0.179. The molecule has 0 bridgehead atoms. The molecule has 0 unspecified atom stereocenters.